The topological polar surface area (TPSA) is 35.5 Å². The summed E-state index contributed by atoms with van der Waals surface area (Å²) in [5, 5.41) is 12.5. The minimum absolute atomic E-state index is 0.197. The first-order valence-electron chi connectivity index (χ1n) is 7.53. The lowest BCUT2D eigenvalue weighted by molar-refractivity contribution is 0.189. The lowest BCUT2D eigenvalue weighted by Gasteiger charge is -2.25. The van der Waals surface area contributed by atoms with Gasteiger partial charge in [0.2, 0.25) is 0 Å². The van der Waals surface area contributed by atoms with Crippen LogP contribution in [0.3, 0.4) is 0 Å². The van der Waals surface area contributed by atoms with E-state index in [0.29, 0.717) is 0 Å². The highest BCUT2D eigenvalue weighted by Crippen LogP contribution is 2.17. The molecule has 0 amide bonds. The number of nitrogens with one attached hydrogen (secondary N) is 1. The maximum atomic E-state index is 13.0. The standard InChI is InChI=1S/C16H27FN2O/c1-3-10-19(12-13-20)11-9-16(18-4-2)14-5-7-15(17)8-6-14/h5-8,16,18,20H,3-4,9-13H2,1-2H3. The van der Waals surface area contributed by atoms with Crippen molar-refractivity contribution >= 4 is 0 Å². The van der Waals surface area contributed by atoms with Crippen molar-refractivity contribution in [1.82, 2.24) is 10.2 Å². The second-order valence-corrected chi connectivity index (χ2v) is 5.02. The third-order valence-electron chi connectivity index (χ3n) is 3.41. The van der Waals surface area contributed by atoms with Crippen LogP contribution in [0.5, 0.6) is 0 Å². The third-order valence-corrected chi connectivity index (χ3v) is 3.41. The molecule has 0 aliphatic carbocycles. The van der Waals surface area contributed by atoms with Crippen molar-refractivity contribution in [3.05, 3.63) is 35.6 Å². The summed E-state index contributed by atoms with van der Waals surface area (Å²) in [6, 6.07) is 6.95. The van der Waals surface area contributed by atoms with Crippen LogP contribution in [0.15, 0.2) is 24.3 Å². The van der Waals surface area contributed by atoms with Crippen LogP contribution in [0, 0.1) is 5.82 Å². The van der Waals surface area contributed by atoms with E-state index < -0.39 is 0 Å². The van der Waals surface area contributed by atoms with Gasteiger partial charge in [-0.25, -0.2) is 4.39 Å². The van der Waals surface area contributed by atoms with Crippen molar-refractivity contribution in [2.75, 3.05) is 32.8 Å². The Kier molecular flexibility index (Phi) is 8.42. The minimum Gasteiger partial charge on any atom is -0.395 e. The molecule has 20 heavy (non-hydrogen) atoms. The van der Waals surface area contributed by atoms with Gasteiger partial charge in [-0.3, -0.25) is 0 Å². The molecule has 1 aromatic rings. The Morgan fingerprint density at radius 1 is 1.15 bits per heavy atom. The Labute approximate surface area is 121 Å². The second kappa shape index (κ2) is 9.86. The highest BCUT2D eigenvalue weighted by atomic mass is 19.1. The zero-order valence-electron chi connectivity index (χ0n) is 12.6. The Hall–Kier alpha value is -0.970. The van der Waals surface area contributed by atoms with Gasteiger partial charge in [-0.15, -0.1) is 0 Å². The van der Waals surface area contributed by atoms with Crippen LogP contribution < -0.4 is 5.32 Å². The number of benzene rings is 1. The fourth-order valence-electron chi connectivity index (χ4n) is 2.43. The van der Waals surface area contributed by atoms with Crippen LogP contribution in [0.2, 0.25) is 0 Å². The van der Waals surface area contributed by atoms with Crippen molar-refractivity contribution in [2.45, 2.75) is 32.7 Å². The summed E-state index contributed by atoms with van der Waals surface area (Å²) in [4.78, 5) is 2.27. The summed E-state index contributed by atoms with van der Waals surface area (Å²) >= 11 is 0. The molecule has 0 spiro atoms. The molecule has 0 aromatic heterocycles. The van der Waals surface area contributed by atoms with E-state index in [0.717, 1.165) is 44.6 Å². The first-order chi connectivity index (χ1) is 9.71. The molecule has 4 heteroatoms. The third kappa shape index (κ3) is 5.99. The molecule has 1 atom stereocenters. The van der Waals surface area contributed by atoms with Gasteiger partial charge in [0.15, 0.2) is 0 Å². The van der Waals surface area contributed by atoms with Crippen molar-refractivity contribution < 1.29 is 9.50 Å². The highest BCUT2D eigenvalue weighted by Gasteiger charge is 2.12. The van der Waals surface area contributed by atoms with Crippen molar-refractivity contribution in [1.29, 1.82) is 0 Å². The summed E-state index contributed by atoms with van der Waals surface area (Å²) in [6.07, 6.45) is 2.04. The van der Waals surface area contributed by atoms with Crippen molar-refractivity contribution in [2.24, 2.45) is 0 Å². The highest BCUT2D eigenvalue weighted by molar-refractivity contribution is 5.19. The van der Waals surface area contributed by atoms with Crippen molar-refractivity contribution in [3.8, 4) is 0 Å². The van der Waals surface area contributed by atoms with E-state index in [2.05, 4.69) is 24.1 Å². The summed E-state index contributed by atoms with van der Waals surface area (Å²) in [5.74, 6) is -0.197. The predicted octanol–water partition coefficient (Wildman–Crippen LogP) is 2.57. The Balaban J connectivity index is 2.59. The quantitative estimate of drug-likeness (QED) is 0.692. The van der Waals surface area contributed by atoms with E-state index >= 15 is 0 Å². The number of halogens is 1. The van der Waals surface area contributed by atoms with Crippen LogP contribution in [0.4, 0.5) is 4.39 Å². The van der Waals surface area contributed by atoms with Gasteiger partial charge in [0.25, 0.3) is 0 Å². The average molecular weight is 282 g/mol. The van der Waals surface area contributed by atoms with E-state index in [-0.39, 0.29) is 18.5 Å². The summed E-state index contributed by atoms with van der Waals surface area (Å²) in [7, 11) is 0. The molecule has 1 unspecified atom stereocenters. The number of hydrogen-bond donors (Lipinski definition) is 2. The molecule has 0 saturated carbocycles. The lowest BCUT2D eigenvalue weighted by Crippen LogP contribution is -2.32. The van der Waals surface area contributed by atoms with Crippen LogP contribution in [-0.4, -0.2) is 42.8 Å². The van der Waals surface area contributed by atoms with E-state index in [9.17, 15) is 4.39 Å². The number of nitrogens with zero attached hydrogens (tertiary/aromatic N) is 1. The molecule has 0 aliphatic heterocycles. The average Bonchev–Trinajstić information content (AvgIpc) is 2.45. The van der Waals surface area contributed by atoms with Gasteiger partial charge in [0.1, 0.15) is 5.82 Å². The fourth-order valence-corrected chi connectivity index (χ4v) is 2.43. The maximum Gasteiger partial charge on any atom is 0.123 e. The Morgan fingerprint density at radius 2 is 1.85 bits per heavy atom. The molecule has 0 aliphatic rings. The van der Waals surface area contributed by atoms with Gasteiger partial charge in [0.05, 0.1) is 6.61 Å². The molecular weight excluding hydrogens is 255 g/mol. The molecule has 0 fully saturated rings. The molecule has 1 aromatic carbocycles. The zero-order chi connectivity index (χ0) is 14.8. The van der Waals surface area contributed by atoms with Crippen molar-refractivity contribution in [3.63, 3.8) is 0 Å². The minimum atomic E-state index is -0.197. The van der Waals surface area contributed by atoms with Gasteiger partial charge >= 0.3 is 0 Å². The van der Waals surface area contributed by atoms with E-state index in [1.807, 2.05) is 12.1 Å². The van der Waals surface area contributed by atoms with Crippen LogP contribution >= 0.6 is 0 Å². The lowest BCUT2D eigenvalue weighted by atomic mass is 10.0. The molecule has 0 bridgehead atoms. The summed E-state index contributed by atoms with van der Waals surface area (Å²) < 4.78 is 13.0. The molecule has 114 valence electrons. The van der Waals surface area contributed by atoms with E-state index in [4.69, 9.17) is 5.11 Å². The summed E-state index contributed by atoms with van der Waals surface area (Å²) in [5.41, 5.74) is 1.12. The second-order valence-electron chi connectivity index (χ2n) is 5.02. The molecule has 0 saturated heterocycles. The molecular formula is C16H27FN2O. The monoisotopic (exact) mass is 282 g/mol. The maximum absolute atomic E-state index is 13.0. The van der Waals surface area contributed by atoms with Crippen LogP contribution in [0.25, 0.3) is 0 Å². The molecule has 2 N–H and O–H groups in total. The fraction of sp³-hybridized carbons (Fsp3) is 0.625. The van der Waals surface area contributed by atoms with Gasteiger partial charge < -0.3 is 15.3 Å². The molecule has 1 rings (SSSR count). The van der Waals surface area contributed by atoms with Gasteiger partial charge in [-0.1, -0.05) is 26.0 Å². The number of aliphatic hydroxyl groups is 1. The Morgan fingerprint density at radius 3 is 2.40 bits per heavy atom. The SMILES string of the molecule is CCCN(CCO)CCC(NCC)c1ccc(F)cc1. The number of hydrogen-bond acceptors (Lipinski definition) is 3. The van der Waals surface area contributed by atoms with E-state index in [1.54, 1.807) is 0 Å². The van der Waals surface area contributed by atoms with E-state index in [1.165, 1.54) is 12.1 Å². The zero-order valence-corrected chi connectivity index (χ0v) is 12.6. The smallest absolute Gasteiger partial charge is 0.123 e. The number of rotatable bonds is 10. The number of aliphatic hydroxyl groups excluding tert-OH is 1. The van der Waals surface area contributed by atoms with Gasteiger partial charge in [-0.2, -0.15) is 0 Å². The first kappa shape index (κ1) is 17.1. The molecule has 3 nitrogen and oxygen atoms in total. The summed E-state index contributed by atoms with van der Waals surface area (Å²) in [6.45, 7) is 7.96. The molecule has 0 heterocycles. The van der Waals surface area contributed by atoms with Crippen LogP contribution in [0.1, 0.15) is 38.3 Å². The van der Waals surface area contributed by atoms with Gasteiger partial charge in [0, 0.05) is 19.1 Å². The molecule has 0 radical (unpaired) electrons. The van der Waals surface area contributed by atoms with Crippen LogP contribution in [-0.2, 0) is 0 Å². The normalized spacial score (nSPS) is 12.8. The first-order valence-corrected chi connectivity index (χ1v) is 7.53. The largest absolute Gasteiger partial charge is 0.395 e. The van der Waals surface area contributed by atoms with Gasteiger partial charge in [-0.05, 0) is 43.6 Å². The predicted molar refractivity (Wildman–Crippen MR) is 81.3 cm³/mol. The Bertz CT molecular complexity index is 350.